The Morgan fingerprint density at radius 1 is 1.35 bits per heavy atom. The molecule has 0 spiro atoms. The summed E-state index contributed by atoms with van der Waals surface area (Å²) in [5.41, 5.74) is -0.479. The maximum absolute atomic E-state index is 13.6. The van der Waals surface area contributed by atoms with Crippen molar-refractivity contribution in [2.24, 2.45) is 5.92 Å². The summed E-state index contributed by atoms with van der Waals surface area (Å²) in [5, 5.41) is 5.50. The highest BCUT2D eigenvalue weighted by Crippen LogP contribution is 2.46. The largest absolute Gasteiger partial charge is 0.367 e. The van der Waals surface area contributed by atoms with Gasteiger partial charge in [0.15, 0.2) is 11.6 Å². The van der Waals surface area contributed by atoms with Crippen LogP contribution in [-0.4, -0.2) is 11.4 Å². The summed E-state index contributed by atoms with van der Waals surface area (Å²) >= 11 is 0. The van der Waals surface area contributed by atoms with Crippen molar-refractivity contribution in [2.75, 3.05) is 10.6 Å². The van der Waals surface area contributed by atoms with E-state index in [0.717, 1.165) is 18.9 Å². The van der Waals surface area contributed by atoms with E-state index in [1.807, 2.05) is 0 Å². The maximum Gasteiger partial charge on any atom is 0.250 e. The second-order valence-corrected chi connectivity index (χ2v) is 4.84. The summed E-state index contributed by atoms with van der Waals surface area (Å²) in [6.45, 7) is 1.73. The van der Waals surface area contributed by atoms with E-state index in [0.29, 0.717) is 5.69 Å². The minimum Gasteiger partial charge on any atom is -0.367 e. The molecule has 1 aromatic rings. The van der Waals surface area contributed by atoms with Gasteiger partial charge in [0.2, 0.25) is 5.91 Å². The second-order valence-electron chi connectivity index (χ2n) is 4.84. The topological polar surface area (TPSA) is 41.1 Å². The number of amides is 1. The molecule has 1 saturated carbocycles. The molecule has 1 heterocycles. The molecule has 3 rings (SSSR count). The summed E-state index contributed by atoms with van der Waals surface area (Å²) in [4.78, 5) is 12.0. The molecule has 90 valence electrons. The minimum absolute atomic E-state index is 0.0546. The van der Waals surface area contributed by atoms with Crippen LogP contribution in [0, 0.1) is 17.6 Å². The van der Waals surface area contributed by atoms with Gasteiger partial charge in [-0.25, -0.2) is 8.78 Å². The number of anilines is 2. The average Bonchev–Trinajstić information content (AvgIpc) is 3.11. The van der Waals surface area contributed by atoms with Crippen molar-refractivity contribution in [2.45, 2.75) is 25.3 Å². The van der Waals surface area contributed by atoms with Crippen molar-refractivity contribution in [1.82, 2.24) is 0 Å². The molecule has 1 unspecified atom stereocenters. The molecule has 2 aliphatic rings. The summed E-state index contributed by atoms with van der Waals surface area (Å²) in [6.07, 6.45) is 1.87. The molecule has 1 amide bonds. The number of hydrogen-bond acceptors (Lipinski definition) is 2. The highest BCUT2D eigenvalue weighted by molar-refractivity contribution is 6.06. The zero-order chi connectivity index (χ0) is 12.2. The van der Waals surface area contributed by atoms with E-state index in [4.69, 9.17) is 0 Å². The molecule has 5 heteroatoms. The third-order valence-electron chi connectivity index (χ3n) is 3.59. The molecule has 0 radical (unpaired) electrons. The van der Waals surface area contributed by atoms with Crippen LogP contribution in [0.3, 0.4) is 0 Å². The van der Waals surface area contributed by atoms with E-state index in [-0.39, 0.29) is 17.5 Å². The smallest absolute Gasteiger partial charge is 0.250 e. The Balaban J connectivity index is 2.08. The molecule has 1 aliphatic heterocycles. The Morgan fingerprint density at radius 3 is 2.71 bits per heavy atom. The highest BCUT2D eigenvalue weighted by atomic mass is 19.2. The lowest BCUT2D eigenvalue weighted by Gasteiger charge is -2.36. The minimum atomic E-state index is -0.936. The van der Waals surface area contributed by atoms with Crippen molar-refractivity contribution in [3.05, 3.63) is 23.8 Å². The molecule has 0 saturated heterocycles. The Hall–Kier alpha value is -1.65. The fourth-order valence-electron chi connectivity index (χ4n) is 2.29. The lowest BCUT2D eigenvalue weighted by Crippen LogP contribution is -2.52. The molecule has 17 heavy (non-hydrogen) atoms. The predicted octanol–water partition coefficient (Wildman–Crippen LogP) is 2.50. The van der Waals surface area contributed by atoms with Crippen molar-refractivity contribution < 1.29 is 13.6 Å². The lowest BCUT2D eigenvalue weighted by molar-refractivity contribution is -0.120. The molecule has 1 atom stereocenters. The molecule has 0 bridgehead atoms. The average molecular weight is 238 g/mol. The lowest BCUT2D eigenvalue weighted by atomic mass is 9.91. The van der Waals surface area contributed by atoms with E-state index in [1.165, 1.54) is 6.07 Å². The van der Waals surface area contributed by atoms with Gasteiger partial charge in [0.05, 0.1) is 11.4 Å². The Kier molecular flexibility index (Phi) is 1.97. The molecule has 1 aliphatic carbocycles. The van der Waals surface area contributed by atoms with Gasteiger partial charge in [0.1, 0.15) is 5.54 Å². The Morgan fingerprint density at radius 2 is 2.06 bits per heavy atom. The SMILES string of the molecule is CC1(C2CC2)Nc2c(ccc(F)c2F)NC1=O. The van der Waals surface area contributed by atoms with Crippen LogP contribution in [0.5, 0.6) is 0 Å². The van der Waals surface area contributed by atoms with Gasteiger partial charge < -0.3 is 10.6 Å². The third-order valence-corrected chi connectivity index (χ3v) is 3.59. The number of nitrogens with one attached hydrogen (secondary N) is 2. The van der Waals surface area contributed by atoms with Crippen LogP contribution in [-0.2, 0) is 4.79 Å². The van der Waals surface area contributed by atoms with Crippen LogP contribution in [0.4, 0.5) is 20.2 Å². The summed E-state index contributed by atoms with van der Waals surface area (Å²) in [7, 11) is 0. The quantitative estimate of drug-likeness (QED) is 0.789. The number of hydrogen-bond donors (Lipinski definition) is 2. The van der Waals surface area contributed by atoms with Crippen LogP contribution in [0.25, 0.3) is 0 Å². The van der Waals surface area contributed by atoms with E-state index >= 15 is 0 Å². The monoisotopic (exact) mass is 238 g/mol. The van der Waals surface area contributed by atoms with Gasteiger partial charge in [-0.2, -0.15) is 0 Å². The van der Waals surface area contributed by atoms with Crippen molar-refractivity contribution in [3.63, 3.8) is 0 Å². The van der Waals surface area contributed by atoms with Crippen LogP contribution in [0.1, 0.15) is 19.8 Å². The first-order chi connectivity index (χ1) is 8.02. The summed E-state index contributed by atoms with van der Waals surface area (Å²) < 4.78 is 26.8. The van der Waals surface area contributed by atoms with Gasteiger partial charge in [-0.1, -0.05) is 0 Å². The second kappa shape index (κ2) is 3.18. The predicted molar refractivity (Wildman–Crippen MR) is 59.7 cm³/mol. The van der Waals surface area contributed by atoms with E-state index in [9.17, 15) is 13.6 Å². The van der Waals surface area contributed by atoms with Crippen molar-refractivity contribution in [3.8, 4) is 0 Å². The number of carbonyl (C=O) groups excluding carboxylic acids is 1. The van der Waals surface area contributed by atoms with Crippen LogP contribution < -0.4 is 10.6 Å². The first-order valence-electron chi connectivity index (χ1n) is 5.60. The van der Waals surface area contributed by atoms with Gasteiger partial charge in [0, 0.05) is 0 Å². The number of benzene rings is 1. The standard InChI is InChI=1S/C12H12F2N2O/c1-12(6-2-3-6)11(17)15-8-5-4-7(13)9(14)10(8)16-12/h4-6,16H,2-3H2,1H3,(H,15,17). The van der Waals surface area contributed by atoms with Crippen molar-refractivity contribution >= 4 is 17.3 Å². The Labute approximate surface area is 97.2 Å². The molecule has 0 aromatic heterocycles. The van der Waals surface area contributed by atoms with E-state index in [2.05, 4.69) is 10.6 Å². The van der Waals surface area contributed by atoms with Gasteiger partial charge in [-0.3, -0.25) is 4.79 Å². The number of rotatable bonds is 1. The van der Waals surface area contributed by atoms with E-state index < -0.39 is 17.2 Å². The van der Waals surface area contributed by atoms with Gasteiger partial charge in [-0.15, -0.1) is 0 Å². The zero-order valence-electron chi connectivity index (χ0n) is 9.31. The Bertz CT molecular complexity index is 513. The molecule has 1 fully saturated rings. The number of carbonyl (C=O) groups is 1. The van der Waals surface area contributed by atoms with Crippen LogP contribution in [0.15, 0.2) is 12.1 Å². The van der Waals surface area contributed by atoms with Crippen molar-refractivity contribution in [1.29, 1.82) is 0 Å². The fourth-order valence-corrected chi connectivity index (χ4v) is 2.29. The zero-order valence-corrected chi connectivity index (χ0v) is 9.31. The third kappa shape index (κ3) is 1.41. The van der Waals surface area contributed by atoms with Gasteiger partial charge in [0.25, 0.3) is 0 Å². The fraction of sp³-hybridized carbons (Fsp3) is 0.417. The highest BCUT2D eigenvalue weighted by Gasteiger charge is 2.50. The normalized spacial score (nSPS) is 27.1. The first-order valence-corrected chi connectivity index (χ1v) is 5.60. The maximum atomic E-state index is 13.6. The van der Waals surface area contributed by atoms with Crippen LogP contribution in [0.2, 0.25) is 0 Å². The van der Waals surface area contributed by atoms with Crippen LogP contribution >= 0.6 is 0 Å². The van der Waals surface area contributed by atoms with E-state index in [1.54, 1.807) is 6.92 Å². The summed E-state index contributed by atoms with van der Waals surface area (Å²) in [6, 6.07) is 2.38. The molecular formula is C12H12F2N2O. The molecule has 3 nitrogen and oxygen atoms in total. The molecular weight excluding hydrogens is 226 g/mol. The summed E-state index contributed by atoms with van der Waals surface area (Å²) in [5.74, 6) is -1.84. The molecule has 2 N–H and O–H groups in total. The number of halogens is 2. The number of fused-ring (bicyclic) bond motifs is 1. The molecule has 1 aromatic carbocycles. The van der Waals surface area contributed by atoms with Gasteiger partial charge in [-0.05, 0) is 37.8 Å². The first kappa shape index (κ1) is 10.5. The van der Waals surface area contributed by atoms with Gasteiger partial charge >= 0.3 is 0 Å².